The molecule has 2 N–H and O–H groups in total. The van der Waals surface area contributed by atoms with Crippen LogP contribution in [0.2, 0.25) is 5.02 Å². The Labute approximate surface area is 159 Å². The van der Waals surface area contributed by atoms with Gasteiger partial charge in [0.15, 0.2) is 0 Å². The van der Waals surface area contributed by atoms with E-state index in [2.05, 4.69) is 10.6 Å². The molecule has 2 saturated heterocycles. The van der Waals surface area contributed by atoms with Crippen LogP contribution < -0.4 is 10.6 Å². The van der Waals surface area contributed by atoms with Gasteiger partial charge in [-0.2, -0.15) is 0 Å². The maximum atomic E-state index is 12.5. The lowest BCUT2D eigenvalue weighted by molar-refractivity contribution is -0.121. The minimum Gasteiger partial charge on any atom is -0.339 e. The van der Waals surface area contributed by atoms with Crippen molar-refractivity contribution in [2.45, 2.75) is 26.2 Å². The van der Waals surface area contributed by atoms with E-state index in [1.807, 2.05) is 11.8 Å². The number of nitrogens with zero attached hydrogens (tertiary/aromatic N) is 1. The highest BCUT2D eigenvalue weighted by molar-refractivity contribution is 6.34. The summed E-state index contributed by atoms with van der Waals surface area (Å²) < 4.78 is 0. The summed E-state index contributed by atoms with van der Waals surface area (Å²) in [5.74, 6) is 0.319. The Bertz CT molecular complexity index is 629. The monoisotopic (exact) mass is 385 g/mol. The Morgan fingerprint density at radius 2 is 1.92 bits per heavy atom. The molecule has 2 aliphatic heterocycles. The second-order valence-corrected chi connectivity index (χ2v) is 7.15. The van der Waals surface area contributed by atoms with Crippen molar-refractivity contribution < 1.29 is 9.59 Å². The van der Waals surface area contributed by atoms with E-state index in [9.17, 15) is 9.59 Å². The summed E-state index contributed by atoms with van der Waals surface area (Å²) in [6, 6.07) is 5.14. The topological polar surface area (TPSA) is 61.4 Å². The molecule has 2 heterocycles. The molecule has 1 atom stereocenters. The zero-order valence-corrected chi connectivity index (χ0v) is 16.0. The molecule has 2 fully saturated rings. The first-order valence-corrected chi connectivity index (χ1v) is 9.04. The van der Waals surface area contributed by atoms with Crippen LogP contribution in [0.4, 0.5) is 5.69 Å². The van der Waals surface area contributed by atoms with E-state index in [1.54, 1.807) is 18.2 Å². The van der Waals surface area contributed by atoms with E-state index in [-0.39, 0.29) is 30.1 Å². The first kappa shape index (κ1) is 20.0. The van der Waals surface area contributed by atoms with Crippen LogP contribution in [-0.4, -0.2) is 42.9 Å². The van der Waals surface area contributed by atoms with Crippen molar-refractivity contribution in [3.8, 4) is 0 Å². The number of amides is 2. The van der Waals surface area contributed by atoms with Crippen LogP contribution in [0.5, 0.6) is 0 Å². The van der Waals surface area contributed by atoms with Crippen LogP contribution >= 0.6 is 24.0 Å². The molecule has 1 aromatic rings. The van der Waals surface area contributed by atoms with Crippen LogP contribution in [0.25, 0.3) is 0 Å². The number of carbonyl (C=O) groups excluding carboxylic acids is 2. The van der Waals surface area contributed by atoms with Gasteiger partial charge in [-0.3, -0.25) is 9.59 Å². The predicted molar refractivity (Wildman–Crippen MR) is 103 cm³/mol. The van der Waals surface area contributed by atoms with Gasteiger partial charge in [0.25, 0.3) is 5.91 Å². The summed E-state index contributed by atoms with van der Waals surface area (Å²) in [4.78, 5) is 26.7. The molecule has 2 aliphatic rings. The van der Waals surface area contributed by atoms with Gasteiger partial charge in [-0.15, -0.1) is 12.4 Å². The Kier molecular flexibility index (Phi) is 7.11. The Balaban J connectivity index is 0.00000225. The second-order valence-electron chi connectivity index (χ2n) is 6.74. The van der Waals surface area contributed by atoms with E-state index < -0.39 is 0 Å². The quantitative estimate of drug-likeness (QED) is 0.836. The molecule has 138 valence electrons. The lowest BCUT2D eigenvalue weighted by Gasteiger charge is -2.31. The van der Waals surface area contributed by atoms with Gasteiger partial charge in [0, 0.05) is 24.7 Å². The third kappa shape index (κ3) is 4.66. The number of benzene rings is 1. The van der Waals surface area contributed by atoms with E-state index in [0.29, 0.717) is 22.2 Å². The van der Waals surface area contributed by atoms with Gasteiger partial charge in [-0.05, 0) is 56.5 Å². The van der Waals surface area contributed by atoms with Crippen molar-refractivity contribution in [1.29, 1.82) is 0 Å². The van der Waals surface area contributed by atoms with E-state index in [4.69, 9.17) is 11.6 Å². The number of halogens is 2. The molecule has 0 aliphatic carbocycles. The Morgan fingerprint density at radius 3 is 2.48 bits per heavy atom. The molecule has 1 aromatic carbocycles. The fourth-order valence-electron chi connectivity index (χ4n) is 3.17. The third-order valence-electron chi connectivity index (χ3n) is 5.04. The van der Waals surface area contributed by atoms with Gasteiger partial charge in [-0.1, -0.05) is 18.5 Å². The molecule has 25 heavy (non-hydrogen) atoms. The standard InChI is InChI=1S/C18H24ClN3O2.ClH/c1-12(13-10-20-11-13)17(23)21-14-5-6-15(16(19)9-14)18(24)22-7-3-2-4-8-22;/h5-6,9,12-13,20H,2-4,7-8,10-11H2,1H3,(H,21,23);1H. The number of likely N-dealkylation sites (tertiary alicyclic amines) is 1. The smallest absolute Gasteiger partial charge is 0.255 e. The van der Waals surface area contributed by atoms with Gasteiger partial charge in [0.1, 0.15) is 0 Å². The number of rotatable bonds is 4. The molecular formula is C18H25Cl2N3O2. The molecule has 0 saturated carbocycles. The normalized spacial score (nSPS) is 18.7. The molecule has 7 heteroatoms. The van der Waals surface area contributed by atoms with Crippen LogP contribution in [-0.2, 0) is 4.79 Å². The Morgan fingerprint density at radius 1 is 1.24 bits per heavy atom. The predicted octanol–water partition coefficient (Wildman–Crippen LogP) is 3.18. The number of carbonyl (C=O) groups is 2. The first-order valence-electron chi connectivity index (χ1n) is 8.66. The summed E-state index contributed by atoms with van der Waals surface area (Å²) >= 11 is 6.30. The zero-order chi connectivity index (χ0) is 17.1. The number of hydrogen-bond donors (Lipinski definition) is 2. The van der Waals surface area contributed by atoms with Crippen molar-refractivity contribution >= 4 is 41.5 Å². The van der Waals surface area contributed by atoms with Crippen LogP contribution in [0, 0.1) is 11.8 Å². The van der Waals surface area contributed by atoms with Crippen LogP contribution in [0.15, 0.2) is 18.2 Å². The molecule has 0 radical (unpaired) electrons. The number of hydrogen-bond acceptors (Lipinski definition) is 3. The number of piperidine rings is 1. The summed E-state index contributed by atoms with van der Waals surface area (Å²) in [6.45, 7) is 5.30. The van der Waals surface area contributed by atoms with Crippen LogP contribution in [0.1, 0.15) is 36.5 Å². The van der Waals surface area contributed by atoms with Crippen molar-refractivity contribution in [2.75, 3.05) is 31.5 Å². The van der Waals surface area contributed by atoms with Crippen molar-refractivity contribution in [2.24, 2.45) is 11.8 Å². The summed E-state index contributed by atoms with van der Waals surface area (Å²) in [6.07, 6.45) is 3.27. The zero-order valence-electron chi connectivity index (χ0n) is 14.4. The molecule has 3 rings (SSSR count). The Hall–Kier alpha value is -1.30. The average molecular weight is 386 g/mol. The summed E-state index contributed by atoms with van der Waals surface area (Å²) in [7, 11) is 0. The van der Waals surface area contributed by atoms with Gasteiger partial charge < -0.3 is 15.5 Å². The molecular weight excluding hydrogens is 361 g/mol. The lowest BCUT2D eigenvalue weighted by Crippen LogP contribution is -2.48. The minimum atomic E-state index is -0.0420. The van der Waals surface area contributed by atoms with Crippen molar-refractivity contribution in [3.63, 3.8) is 0 Å². The molecule has 0 aromatic heterocycles. The van der Waals surface area contributed by atoms with Crippen molar-refractivity contribution in [1.82, 2.24) is 10.2 Å². The van der Waals surface area contributed by atoms with Gasteiger partial charge >= 0.3 is 0 Å². The van der Waals surface area contributed by atoms with E-state index in [1.165, 1.54) is 6.42 Å². The fraction of sp³-hybridized carbons (Fsp3) is 0.556. The fourth-order valence-corrected chi connectivity index (χ4v) is 3.43. The summed E-state index contributed by atoms with van der Waals surface area (Å²) in [5, 5.41) is 6.47. The van der Waals surface area contributed by atoms with Gasteiger partial charge in [0.2, 0.25) is 5.91 Å². The lowest BCUT2D eigenvalue weighted by atomic mass is 9.88. The highest BCUT2D eigenvalue weighted by Crippen LogP contribution is 2.25. The van der Waals surface area contributed by atoms with E-state index >= 15 is 0 Å². The highest BCUT2D eigenvalue weighted by atomic mass is 35.5. The van der Waals surface area contributed by atoms with E-state index in [0.717, 1.165) is 39.0 Å². The molecule has 2 amide bonds. The SMILES string of the molecule is CC(C(=O)Nc1ccc(C(=O)N2CCCCC2)c(Cl)c1)C1CNC1.Cl. The summed E-state index contributed by atoms with van der Waals surface area (Å²) in [5.41, 5.74) is 1.15. The highest BCUT2D eigenvalue weighted by Gasteiger charge is 2.29. The molecule has 1 unspecified atom stereocenters. The van der Waals surface area contributed by atoms with Crippen LogP contribution in [0.3, 0.4) is 0 Å². The van der Waals surface area contributed by atoms with Crippen molar-refractivity contribution in [3.05, 3.63) is 28.8 Å². The number of nitrogens with one attached hydrogen (secondary N) is 2. The van der Waals surface area contributed by atoms with Gasteiger partial charge in [0.05, 0.1) is 10.6 Å². The maximum Gasteiger partial charge on any atom is 0.255 e. The minimum absolute atomic E-state index is 0. The third-order valence-corrected chi connectivity index (χ3v) is 5.36. The molecule has 5 nitrogen and oxygen atoms in total. The largest absolute Gasteiger partial charge is 0.339 e. The second kappa shape index (κ2) is 8.88. The maximum absolute atomic E-state index is 12.5. The van der Waals surface area contributed by atoms with Gasteiger partial charge in [-0.25, -0.2) is 0 Å². The molecule has 0 spiro atoms. The molecule has 0 bridgehead atoms. The number of anilines is 1. The first-order chi connectivity index (χ1) is 11.6. The average Bonchev–Trinajstić information content (AvgIpc) is 2.53.